The van der Waals surface area contributed by atoms with Gasteiger partial charge >= 0.3 is 0 Å². The second kappa shape index (κ2) is 4.19. The second-order valence-corrected chi connectivity index (χ2v) is 4.89. The molecule has 0 saturated carbocycles. The van der Waals surface area contributed by atoms with Crippen LogP contribution in [0.3, 0.4) is 0 Å². The van der Waals surface area contributed by atoms with Crippen LogP contribution in [0.25, 0.3) is 16.9 Å². The number of rotatable bonds is 1. The average Bonchev–Trinajstić information content (AvgIpc) is 2.67. The lowest BCUT2D eigenvalue weighted by Crippen LogP contribution is -1.94. The quantitative estimate of drug-likeness (QED) is 0.640. The summed E-state index contributed by atoms with van der Waals surface area (Å²) in [7, 11) is 0. The highest BCUT2D eigenvalue weighted by atomic mass is 19.1. The van der Waals surface area contributed by atoms with Crippen molar-refractivity contribution < 1.29 is 4.39 Å². The molecule has 0 aliphatic heterocycles. The van der Waals surface area contributed by atoms with Gasteiger partial charge in [0.2, 0.25) is 0 Å². The highest BCUT2D eigenvalue weighted by Crippen LogP contribution is 2.27. The molecule has 3 heteroatoms. The van der Waals surface area contributed by atoms with E-state index in [9.17, 15) is 4.39 Å². The summed E-state index contributed by atoms with van der Waals surface area (Å²) in [5.74, 6) is -0.233. The van der Waals surface area contributed by atoms with E-state index in [0.717, 1.165) is 22.6 Å². The summed E-state index contributed by atoms with van der Waals surface area (Å²) in [6, 6.07) is 10.9. The fraction of sp³-hybridized carbons (Fsp3) is 0.188. The van der Waals surface area contributed by atoms with Crippen LogP contribution >= 0.6 is 0 Å². The third-order valence-electron chi connectivity index (χ3n) is 3.41. The maximum absolute atomic E-state index is 13.9. The average molecular weight is 254 g/mol. The number of nitrogens with zero attached hydrogens (tertiary/aromatic N) is 2. The lowest BCUT2D eigenvalue weighted by atomic mass is 10.1. The van der Waals surface area contributed by atoms with Crippen LogP contribution < -0.4 is 0 Å². The highest BCUT2D eigenvalue weighted by molar-refractivity contribution is 5.67. The Kier molecular flexibility index (Phi) is 2.63. The largest absolute Gasteiger partial charge is 0.301 e. The Labute approximate surface area is 111 Å². The fourth-order valence-electron chi connectivity index (χ4n) is 2.61. The van der Waals surface area contributed by atoms with Crippen molar-refractivity contribution in [3.05, 3.63) is 59.2 Å². The standard InChI is InChI=1S/C16H15FN2/c1-10-8-11(2)19-12(3)16(18-15(19)9-10)13-6-4-5-7-14(13)17/h4-9H,1-3H3. The van der Waals surface area contributed by atoms with E-state index in [1.807, 2.05) is 32.9 Å². The Morgan fingerprint density at radius 1 is 1.05 bits per heavy atom. The summed E-state index contributed by atoms with van der Waals surface area (Å²) in [5, 5.41) is 0. The van der Waals surface area contributed by atoms with Crippen LogP contribution in [0.2, 0.25) is 0 Å². The summed E-state index contributed by atoms with van der Waals surface area (Å²) in [5.41, 5.74) is 5.39. The van der Waals surface area contributed by atoms with Crippen molar-refractivity contribution >= 4 is 5.65 Å². The van der Waals surface area contributed by atoms with Gasteiger partial charge in [-0.25, -0.2) is 9.37 Å². The first kappa shape index (κ1) is 11.9. The predicted molar refractivity (Wildman–Crippen MR) is 74.8 cm³/mol. The van der Waals surface area contributed by atoms with Crippen molar-refractivity contribution in [1.29, 1.82) is 0 Å². The molecule has 0 spiro atoms. The van der Waals surface area contributed by atoms with Gasteiger partial charge in [0.05, 0.1) is 5.69 Å². The van der Waals surface area contributed by atoms with E-state index in [4.69, 9.17) is 0 Å². The van der Waals surface area contributed by atoms with Crippen LogP contribution in [0.1, 0.15) is 17.0 Å². The minimum absolute atomic E-state index is 0.233. The number of aromatic nitrogens is 2. The molecule has 2 aromatic heterocycles. The van der Waals surface area contributed by atoms with Gasteiger partial charge in [0, 0.05) is 17.0 Å². The molecule has 0 aliphatic carbocycles. The van der Waals surface area contributed by atoms with Gasteiger partial charge < -0.3 is 4.40 Å². The number of halogens is 1. The van der Waals surface area contributed by atoms with Crippen molar-refractivity contribution in [1.82, 2.24) is 9.38 Å². The number of pyridine rings is 1. The first-order valence-corrected chi connectivity index (χ1v) is 6.29. The monoisotopic (exact) mass is 254 g/mol. The molecule has 0 amide bonds. The molecule has 19 heavy (non-hydrogen) atoms. The summed E-state index contributed by atoms with van der Waals surface area (Å²) >= 11 is 0. The Morgan fingerprint density at radius 2 is 1.79 bits per heavy atom. The lowest BCUT2D eigenvalue weighted by Gasteiger charge is -2.04. The van der Waals surface area contributed by atoms with Crippen molar-refractivity contribution in [3.8, 4) is 11.3 Å². The summed E-state index contributed by atoms with van der Waals surface area (Å²) in [6.45, 7) is 6.06. The second-order valence-electron chi connectivity index (χ2n) is 4.89. The van der Waals surface area contributed by atoms with E-state index in [1.165, 1.54) is 6.07 Å². The van der Waals surface area contributed by atoms with Crippen molar-refractivity contribution in [2.45, 2.75) is 20.8 Å². The molecule has 1 aromatic carbocycles. The Balaban J connectivity index is 2.35. The molecule has 96 valence electrons. The van der Waals surface area contributed by atoms with Gasteiger partial charge in [0.1, 0.15) is 11.5 Å². The molecule has 2 heterocycles. The van der Waals surface area contributed by atoms with Gasteiger partial charge in [-0.05, 0) is 50.6 Å². The van der Waals surface area contributed by atoms with Gasteiger partial charge in [-0.3, -0.25) is 0 Å². The molecule has 0 radical (unpaired) electrons. The van der Waals surface area contributed by atoms with Gasteiger partial charge in [-0.1, -0.05) is 12.1 Å². The van der Waals surface area contributed by atoms with Gasteiger partial charge in [-0.15, -0.1) is 0 Å². The van der Waals surface area contributed by atoms with Crippen molar-refractivity contribution in [2.75, 3.05) is 0 Å². The summed E-state index contributed by atoms with van der Waals surface area (Å²) in [6.07, 6.45) is 0. The molecule has 2 nitrogen and oxygen atoms in total. The molecule has 0 N–H and O–H groups in total. The van der Waals surface area contributed by atoms with E-state index in [2.05, 4.69) is 15.5 Å². The van der Waals surface area contributed by atoms with E-state index >= 15 is 0 Å². The number of aryl methyl sites for hydroxylation is 3. The molecule has 3 rings (SSSR count). The zero-order valence-electron chi connectivity index (χ0n) is 11.2. The SMILES string of the molecule is Cc1cc(C)n2c(C)c(-c3ccccc3F)nc2c1. The molecule has 0 saturated heterocycles. The summed E-state index contributed by atoms with van der Waals surface area (Å²) < 4.78 is 16.0. The number of hydrogen-bond donors (Lipinski definition) is 0. The van der Waals surface area contributed by atoms with Crippen molar-refractivity contribution in [3.63, 3.8) is 0 Å². The number of hydrogen-bond acceptors (Lipinski definition) is 1. The molecule has 0 atom stereocenters. The number of fused-ring (bicyclic) bond motifs is 1. The Bertz CT molecular complexity index is 772. The minimum atomic E-state index is -0.233. The lowest BCUT2D eigenvalue weighted by molar-refractivity contribution is 0.630. The summed E-state index contributed by atoms with van der Waals surface area (Å²) in [4.78, 5) is 4.59. The van der Waals surface area contributed by atoms with E-state index in [1.54, 1.807) is 12.1 Å². The van der Waals surface area contributed by atoms with Crippen molar-refractivity contribution in [2.24, 2.45) is 0 Å². The first-order valence-electron chi connectivity index (χ1n) is 6.29. The third kappa shape index (κ3) is 1.82. The van der Waals surface area contributed by atoms with Crippen LogP contribution in [0.5, 0.6) is 0 Å². The van der Waals surface area contributed by atoms with Crippen LogP contribution in [0.4, 0.5) is 4.39 Å². The molecular formula is C16H15FN2. The maximum Gasteiger partial charge on any atom is 0.138 e. The van der Waals surface area contributed by atoms with Crippen LogP contribution in [0.15, 0.2) is 36.4 Å². The molecule has 0 aliphatic rings. The molecule has 0 unspecified atom stereocenters. The molecule has 3 aromatic rings. The Morgan fingerprint density at radius 3 is 2.53 bits per heavy atom. The van der Waals surface area contributed by atoms with Crippen LogP contribution in [0, 0.1) is 26.6 Å². The van der Waals surface area contributed by atoms with Crippen LogP contribution in [-0.2, 0) is 0 Å². The van der Waals surface area contributed by atoms with Crippen LogP contribution in [-0.4, -0.2) is 9.38 Å². The van der Waals surface area contributed by atoms with Gasteiger partial charge in [-0.2, -0.15) is 0 Å². The predicted octanol–water partition coefficient (Wildman–Crippen LogP) is 4.07. The number of imidazole rings is 1. The fourth-order valence-corrected chi connectivity index (χ4v) is 2.61. The maximum atomic E-state index is 13.9. The van der Waals surface area contributed by atoms with E-state index in [-0.39, 0.29) is 5.82 Å². The molecule has 0 fully saturated rings. The van der Waals surface area contributed by atoms with Gasteiger partial charge in [0.15, 0.2) is 0 Å². The van der Waals surface area contributed by atoms with Gasteiger partial charge in [0.25, 0.3) is 0 Å². The third-order valence-corrected chi connectivity index (χ3v) is 3.41. The highest BCUT2D eigenvalue weighted by Gasteiger charge is 2.14. The zero-order chi connectivity index (χ0) is 13.6. The minimum Gasteiger partial charge on any atom is -0.301 e. The first-order chi connectivity index (χ1) is 9.08. The normalized spacial score (nSPS) is 11.2. The van der Waals surface area contributed by atoms with E-state index < -0.39 is 0 Å². The molecular weight excluding hydrogens is 239 g/mol. The number of benzene rings is 1. The smallest absolute Gasteiger partial charge is 0.138 e. The molecule has 0 bridgehead atoms. The van der Waals surface area contributed by atoms with E-state index in [0.29, 0.717) is 11.3 Å². The Hall–Kier alpha value is -2.16. The zero-order valence-corrected chi connectivity index (χ0v) is 11.2. The topological polar surface area (TPSA) is 17.3 Å².